The van der Waals surface area contributed by atoms with Gasteiger partial charge in [0.05, 0.1) is 7.11 Å². The second-order valence-electron chi connectivity index (χ2n) is 3.13. The van der Waals surface area contributed by atoms with Crippen molar-refractivity contribution in [3.63, 3.8) is 0 Å². The average molecular weight is 225 g/mol. The quantitative estimate of drug-likeness (QED) is 0.597. The maximum Gasteiger partial charge on any atom is 0.341 e. The number of halogens is 1. The molecule has 2 aromatic rings. The highest BCUT2D eigenvalue weighted by Crippen LogP contribution is 2.25. The van der Waals surface area contributed by atoms with E-state index in [1.807, 2.05) is 13.0 Å². The van der Waals surface area contributed by atoms with Crippen LogP contribution < -0.4 is 0 Å². The summed E-state index contributed by atoms with van der Waals surface area (Å²) in [6, 6.07) is 1.85. The Kier molecular flexibility index (Phi) is 2.36. The molecule has 0 unspecified atom stereocenters. The van der Waals surface area contributed by atoms with Crippen LogP contribution in [0.5, 0.6) is 0 Å². The summed E-state index contributed by atoms with van der Waals surface area (Å²) in [5.74, 6) is -0.465. The van der Waals surface area contributed by atoms with Crippen molar-refractivity contribution in [3.05, 3.63) is 28.5 Å². The molecule has 0 saturated heterocycles. The average Bonchev–Trinajstić information content (AvgIpc) is 2.65. The van der Waals surface area contributed by atoms with E-state index in [1.54, 1.807) is 6.20 Å². The third kappa shape index (κ3) is 1.47. The van der Waals surface area contributed by atoms with E-state index in [0.29, 0.717) is 11.2 Å². The van der Waals surface area contributed by atoms with Crippen LogP contribution in [0.25, 0.3) is 11.0 Å². The van der Waals surface area contributed by atoms with Gasteiger partial charge in [0.25, 0.3) is 0 Å². The largest absolute Gasteiger partial charge is 0.465 e. The molecule has 0 atom stereocenters. The number of methoxy groups -OCH3 is 1. The van der Waals surface area contributed by atoms with Gasteiger partial charge < -0.3 is 9.72 Å². The van der Waals surface area contributed by atoms with E-state index in [1.165, 1.54) is 7.11 Å². The lowest BCUT2D eigenvalue weighted by Crippen LogP contribution is -2.06. The number of ether oxygens (including phenoxy) is 1. The second kappa shape index (κ2) is 3.55. The zero-order valence-electron chi connectivity index (χ0n) is 8.30. The molecule has 0 radical (unpaired) electrons. The molecule has 0 aliphatic carbocycles. The molecule has 4 nitrogen and oxygen atoms in total. The molecule has 0 spiro atoms. The zero-order chi connectivity index (χ0) is 11.0. The maximum absolute atomic E-state index is 11.5. The van der Waals surface area contributed by atoms with Gasteiger partial charge in [-0.05, 0) is 18.6 Å². The van der Waals surface area contributed by atoms with Gasteiger partial charge in [0, 0.05) is 11.6 Å². The van der Waals surface area contributed by atoms with Crippen molar-refractivity contribution >= 4 is 28.6 Å². The maximum atomic E-state index is 11.5. The van der Waals surface area contributed by atoms with Crippen LogP contribution in [-0.2, 0) is 4.74 Å². The third-order valence-electron chi connectivity index (χ3n) is 2.31. The summed E-state index contributed by atoms with van der Waals surface area (Å²) in [5.41, 5.74) is 1.77. The Labute approximate surface area is 91.2 Å². The van der Waals surface area contributed by atoms with E-state index in [9.17, 15) is 4.79 Å². The summed E-state index contributed by atoms with van der Waals surface area (Å²) >= 11 is 5.91. The molecule has 2 aromatic heterocycles. The number of pyridine rings is 1. The predicted molar refractivity (Wildman–Crippen MR) is 57.2 cm³/mol. The predicted octanol–water partition coefficient (Wildman–Crippen LogP) is 2.31. The van der Waals surface area contributed by atoms with Crippen LogP contribution in [0, 0.1) is 6.92 Å². The molecule has 2 rings (SSSR count). The normalized spacial score (nSPS) is 10.6. The number of carbonyl (C=O) groups excluding carboxylic acids is 1. The van der Waals surface area contributed by atoms with Crippen molar-refractivity contribution in [3.8, 4) is 0 Å². The van der Waals surface area contributed by atoms with Gasteiger partial charge in [-0.25, -0.2) is 9.78 Å². The van der Waals surface area contributed by atoms with Crippen LogP contribution in [0.3, 0.4) is 0 Å². The van der Waals surface area contributed by atoms with E-state index >= 15 is 0 Å². The Bertz CT molecular complexity index is 533. The van der Waals surface area contributed by atoms with Gasteiger partial charge in [-0.15, -0.1) is 0 Å². The summed E-state index contributed by atoms with van der Waals surface area (Å²) in [6.45, 7) is 1.82. The highest BCUT2D eigenvalue weighted by Gasteiger charge is 2.18. The van der Waals surface area contributed by atoms with Gasteiger partial charge in [-0.1, -0.05) is 11.6 Å². The van der Waals surface area contributed by atoms with Crippen LogP contribution >= 0.6 is 11.6 Å². The molecule has 0 saturated carbocycles. The number of hydrogen-bond acceptors (Lipinski definition) is 3. The minimum atomic E-state index is -0.465. The summed E-state index contributed by atoms with van der Waals surface area (Å²) in [7, 11) is 1.32. The van der Waals surface area contributed by atoms with Crippen LogP contribution in [0.4, 0.5) is 0 Å². The number of H-pyrrole nitrogens is 1. The Hall–Kier alpha value is -1.55. The minimum absolute atomic E-state index is 0.161. The molecule has 5 heteroatoms. The summed E-state index contributed by atoms with van der Waals surface area (Å²) in [5, 5.41) is 1.04. The molecular formula is C10H9ClN2O2. The Balaban J connectivity index is 2.78. The smallest absolute Gasteiger partial charge is 0.341 e. The number of fused-ring (bicyclic) bond motifs is 1. The molecule has 15 heavy (non-hydrogen) atoms. The molecular weight excluding hydrogens is 216 g/mol. The van der Waals surface area contributed by atoms with Gasteiger partial charge in [-0.2, -0.15) is 0 Å². The van der Waals surface area contributed by atoms with Crippen molar-refractivity contribution in [2.75, 3.05) is 7.11 Å². The van der Waals surface area contributed by atoms with Crippen LogP contribution in [0.15, 0.2) is 12.3 Å². The SMILES string of the molecule is COC(=O)c1c(Cl)nc2[nH]ccc2c1C. The molecule has 0 aliphatic rings. The molecule has 0 aliphatic heterocycles. The molecule has 0 aromatic carbocycles. The summed E-state index contributed by atoms with van der Waals surface area (Å²) in [4.78, 5) is 18.5. The van der Waals surface area contributed by atoms with E-state index < -0.39 is 5.97 Å². The number of rotatable bonds is 1. The van der Waals surface area contributed by atoms with Gasteiger partial charge >= 0.3 is 5.97 Å². The first-order valence-electron chi connectivity index (χ1n) is 4.36. The standard InChI is InChI=1S/C10H9ClN2O2/c1-5-6-3-4-12-9(6)13-8(11)7(5)10(14)15-2/h3-4H,1-2H3,(H,12,13). The first-order chi connectivity index (χ1) is 7.15. The fourth-order valence-electron chi connectivity index (χ4n) is 1.54. The zero-order valence-corrected chi connectivity index (χ0v) is 9.05. The summed E-state index contributed by atoms with van der Waals surface area (Å²) in [6.07, 6.45) is 1.75. The lowest BCUT2D eigenvalue weighted by atomic mass is 10.1. The number of hydrogen-bond donors (Lipinski definition) is 1. The van der Waals surface area contributed by atoms with Crippen LogP contribution in [-0.4, -0.2) is 23.0 Å². The van der Waals surface area contributed by atoms with Crippen LogP contribution in [0.1, 0.15) is 15.9 Å². The topological polar surface area (TPSA) is 55.0 Å². The van der Waals surface area contributed by atoms with E-state index in [0.717, 1.165) is 10.9 Å². The summed E-state index contributed by atoms with van der Waals surface area (Å²) < 4.78 is 4.65. The molecule has 78 valence electrons. The van der Waals surface area contributed by atoms with Crippen molar-refractivity contribution in [2.45, 2.75) is 6.92 Å². The van der Waals surface area contributed by atoms with E-state index in [2.05, 4.69) is 14.7 Å². The minimum Gasteiger partial charge on any atom is -0.465 e. The number of aryl methyl sites for hydroxylation is 1. The highest BCUT2D eigenvalue weighted by atomic mass is 35.5. The van der Waals surface area contributed by atoms with E-state index in [-0.39, 0.29) is 5.15 Å². The van der Waals surface area contributed by atoms with Crippen molar-refractivity contribution < 1.29 is 9.53 Å². The number of aromatic amines is 1. The Morgan fingerprint density at radius 1 is 1.60 bits per heavy atom. The molecule has 2 heterocycles. The fourth-order valence-corrected chi connectivity index (χ4v) is 1.84. The number of aromatic nitrogens is 2. The van der Waals surface area contributed by atoms with Crippen LogP contribution in [0.2, 0.25) is 5.15 Å². The highest BCUT2D eigenvalue weighted by molar-refractivity contribution is 6.33. The third-order valence-corrected chi connectivity index (χ3v) is 2.58. The molecule has 0 fully saturated rings. The molecule has 1 N–H and O–H groups in total. The lowest BCUT2D eigenvalue weighted by Gasteiger charge is -2.06. The number of carbonyl (C=O) groups is 1. The second-order valence-corrected chi connectivity index (χ2v) is 3.49. The molecule has 0 bridgehead atoms. The van der Waals surface area contributed by atoms with E-state index in [4.69, 9.17) is 11.6 Å². The number of nitrogens with one attached hydrogen (secondary N) is 1. The van der Waals surface area contributed by atoms with Crippen molar-refractivity contribution in [2.24, 2.45) is 0 Å². The lowest BCUT2D eigenvalue weighted by molar-refractivity contribution is 0.0600. The van der Waals surface area contributed by atoms with Gasteiger partial charge in [0.1, 0.15) is 16.4 Å². The van der Waals surface area contributed by atoms with Gasteiger partial charge in [0.2, 0.25) is 0 Å². The first-order valence-corrected chi connectivity index (χ1v) is 4.74. The Morgan fingerprint density at radius 2 is 2.33 bits per heavy atom. The Morgan fingerprint density at radius 3 is 3.00 bits per heavy atom. The number of nitrogens with zero attached hydrogens (tertiary/aromatic N) is 1. The molecule has 0 amide bonds. The fraction of sp³-hybridized carbons (Fsp3) is 0.200. The first kappa shape index (κ1) is 9.98. The van der Waals surface area contributed by atoms with Crippen molar-refractivity contribution in [1.82, 2.24) is 9.97 Å². The number of esters is 1. The monoisotopic (exact) mass is 224 g/mol. The van der Waals surface area contributed by atoms with Gasteiger partial charge in [0.15, 0.2) is 0 Å². The van der Waals surface area contributed by atoms with Crippen molar-refractivity contribution in [1.29, 1.82) is 0 Å². The van der Waals surface area contributed by atoms with Gasteiger partial charge in [-0.3, -0.25) is 0 Å².